The number of para-hydroxylation sites is 2. The molecule has 0 bridgehead atoms. The zero-order chi connectivity index (χ0) is 25.7. The molecule has 0 N–H and O–H groups in total. The molecule has 2 aliphatic rings. The number of fused-ring (bicyclic) bond motifs is 15. The molecule has 11 rings (SSSR count). The molecule has 3 heterocycles. The van der Waals surface area contributed by atoms with Crippen molar-refractivity contribution in [1.82, 2.24) is 8.80 Å². The second kappa shape index (κ2) is 6.55. The van der Waals surface area contributed by atoms with Crippen LogP contribution in [0.4, 0.5) is 0 Å². The van der Waals surface area contributed by atoms with Crippen molar-refractivity contribution in [2.45, 2.75) is 12.8 Å². The molecule has 40 heavy (non-hydrogen) atoms. The van der Waals surface area contributed by atoms with Gasteiger partial charge >= 0.3 is 0 Å². The van der Waals surface area contributed by atoms with Crippen LogP contribution in [0.25, 0.3) is 76.9 Å². The molecule has 0 amide bonds. The summed E-state index contributed by atoms with van der Waals surface area (Å²) in [5, 5.41) is 5.35. The molecule has 3 aromatic heterocycles. The van der Waals surface area contributed by atoms with E-state index in [2.05, 4.69) is 118 Å². The molecule has 6 aromatic carbocycles. The van der Waals surface area contributed by atoms with Crippen LogP contribution >= 0.6 is 0 Å². The van der Waals surface area contributed by atoms with Crippen molar-refractivity contribution in [2.24, 2.45) is 0 Å². The van der Waals surface area contributed by atoms with Crippen molar-refractivity contribution in [3.63, 3.8) is 0 Å². The Morgan fingerprint density at radius 1 is 0.375 bits per heavy atom. The smallest absolute Gasteiger partial charge is 0.0783 e. The number of hydrogen-bond acceptors (Lipinski definition) is 0. The second-order valence-corrected chi connectivity index (χ2v) is 11.7. The van der Waals surface area contributed by atoms with Crippen LogP contribution in [-0.2, 0) is 12.8 Å². The van der Waals surface area contributed by atoms with Crippen molar-refractivity contribution in [2.75, 3.05) is 0 Å². The third-order valence-corrected chi connectivity index (χ3v) is 9.85. The molecule has 2 aliphatic carbocycles. The van der Waals surface area contributed by atoms with Crippen LogP contribution in [0.3, 0.4) is 0 Å². The van der Waals surface area contributed by atoms with Crippen molar-refractivity contribution in [3.05, 3.63) is 131 Å². The lowest BCUT2D eigenvalue weighted by molar-refractivity contribution is 1.24. The third-order valence-electron chi connectivity index (χ3n) is 9.85. The Bertz CT molecular complexity index is 2590. The molecule has 0 radical (unpaired) electrons. The van der Waals surface area contributed by atoms with Crippen LogP contribution < -0.4 is 0 Å². The fourth-order valence-electron chi connectivity index (χ4n) is 8.28. The first-order valence-electron chi connectivity index (χ1n) is 14.2. The summed E-state index contributed by atoms with van der Waals surface area (Å²) in [5.74, 6) is 0. The summed E-state index contributed by atoms with van der Waals surface area (Å²) in [6.45, 7) is 0. The molecule has 184 valence electrons. The first-order valence-corrected chi connectivity index (χ1v) is 14.2. The fourth-order valence-corrected chi connectivity index (χ4v) is 8.28. The molecular weight excluding hydrogens is 484 g/mol. The van der Waals surface area contributed by atoms with Crippen molar-refractivity contribution < 1.29 is 0 Å². The van der Waals surface area contributed by atoms with Crippen molar-refractivity contribution in [1.29, 1.82) is 0 Å². The van der Waals surface area contributed by atoms with E-state index in [0.29, 0.717) is 0 Å². The highest BCUT2D eigenvalue weighted by atomic mass is 15.0. The molecule has 9 aromatic rings. The van der Waals surface area contributed by atoms with Crippen molar-refractivity contribution >= 4 is 54.6 Å². The zero-order valence-electron chi connectivity index (χ0n) is 21.7. The molecule has 0 fully saturated rings. The maximum absolute atomic E-state index is 2.59. The molecule has 2 heteroatoms. The Labute approximate surface area is 229 Å². The van der Waals surface area contributed by atoms with E-state index < -0.39 is 0 Å². The predicted molar refractivity (Wildman–Crippen MR) is 166 cm³/mol. The summed E-state index contributed by atoms with van der Waals surface area (Å²) >= 11 is 0. The topological polar surface area (TPSA) is 8.82 Å². The molecule has 0 aliphatic heterocycles. The number of nitrogens with zero attached hydrogens (tertiary/aromatic N) is 2. The number of benzene rings is 6. The molecule has 2 nitrogen and oxygen atoms in total. The summed E-state index contributed by atoms with van der Waals surface area (Å²) in [5.41, 5.74) is 19.2. The van der Waals surface area contributed by atoms with Gasteiger partial charge in [0.05, 0.1) is 33.1 Å². The van der Waals surface area contributed by atoms with Gasteiger partial charge in [-0.2, -0.15) is 0 Å². The van der Waals surface area contributed by atoms with Gasteiger partial charge in [0, 0.05) is 27.1 Å². The monoisotopic (exact) mass is 506 g/mol. The van der Waals surface area contributed by atoms with Gasteiger partial charge in [-0.15, -0.1) is 0 Å². The van der Waals surface area contributed by atoms with E-state index in [1.807, 2.05) is 0 Å². The standard InChI is InChI=1S/C38H22N2/c1-3-9-25-21(7-1)18-24-19-34-31(20-30(24)25)28-12-6-14-33-36(28)39(34)32-13-5-11-27-29-16-15-23-17-22-8-2-4-10-26(22)35(23)38(29)40(33)37(27)32/h1-16,19-20H,17-18H2. The number of hydrogen-bond donors (Lipinski definition) is 0. The zero-order valence-corrected chi connectivity index (χ0v) is 21.7. The average molecular weight is 507 g/mol. The van der Waals surface area contributed by atoms with Gasteiger partial charge in [0.1, 0.15) is 0 Å². The second-order valence-electron chi connectivity index (χ2n) is 11.7. The molecule has 0 saturated heterocycles. The first kappa shape index (κ1) is 19.9. The summed E-state index contributed by atoms with van der Waals surface area (Å²) in [6.07, 6.45) is 2.01. The summed E-state index contributed by atoms with van der Waals surface area (Å²) in [6, 6.07) is 41.3. The van der Waals surface area contributed by atoms with E-state index in [4.69, 9.17) is 0 Å². The van der Waals surface area contributed by atoms with E-state index in [9.17, 15) is 0 Å². The lowest BCUT2D eigenvalue weighted by Gasteiger charge is -2.12. The number of rotatable bonds is 0. The van der Waals surface area contributed by atoms with Gasteiger partial charge in [-0.1, -0.05) is 84.9 Å². The summed E-state index contributed by atoms with van der Waals surface area (Å²) in [7, 11) is 0. The highest BCUT2D eigenvalue weighted by molar-refractivity contribution is 6.24. The maximum Gasteiger partial charge on any atom is 0.0783 e. The van der Waals surface area contributed by atoms with Gasteiger partial charge in [0.25, 0.3) is 0 Å². The van der Waals surface area contributed by atoms with E-state index in [1.54, 1.807) is 0 Å². The molecule has 0 atom stereocenters. The summed E-state index contributed by atoms with van der Waals surface area (Å²) < 4.78 is 5.14. The van der Waals surface area contributed by atoms with Crippen LogP contribution in [0.15, 0.2) is 109 Å². The van der Waals surface area contributed by atoms with Gasteiger partial charge in [0.15, 0.2) is 0 Å². The Morgan fingerprint density at radius 3 is 1.88 bits per heavy atom. The average Bonchev–Trinajstić information content (AvgIpc) is 3.73. The largest absolute Gasteiger partial charge is 0.305 e. The Kier molecular flexibility index (Phi) is 3.26. The van der Waals surface area contributed by atoms with Gasteiger partial charge < -0.3 is 8.80 Å². The SMILES string of the molecule is c1ccc2c(c1)Cc1cc3c(cc1-2)c1cccc2c1n3c1cccc3c4ccc5c(c4n2c31)-c1ccccc1C5. The van der Waals surface area contributed by atoms with Crippen LogP contribution in [0.2, 0.25) is 0 Å². The molecular formula is C38H22N2. The Hall–Kier alpha value is -5.08. The fraction of sp³-hybridized carbons (Fsp3) is 0.0526. The van der Waals surface area contributed by atoms with Crippen LogP contribution in [0.1, 0.15) is 22.3 Å². The van der Waals surface area contributed by atoms with Gasteiger partial charge in [-0.05, 0) is 76.1 Å². The third kappa shape index (κ3) is 2.12. The van der Waals surface area contributed by atoms with E-state index in [1.165, 1.54) is 99.2 Å². The Morgan fingerprint density at radius 2 is 1.02 bits per heavy atom. The number of aromatic nitrogens is 2. The quantitative estimate of drug-likeness (QED) is 0.181. The maximum atomic E-state index is 2.59. The van der Waals surface area contributed by atoms with Crippen LogP contribution in [0, 0.1) is 0 Å². The molecule has 0 saturated carbocycles. The van der Waals surface area contributed by atoms with Gasteiger partial charge in [-0.3, -0.25) is 0 Å². The highest BCUT2D eigenvalue weighted by Gasteiger charge is 2.27. The minimum absolute atomic E-state index is 1.01. The Balaban J connectivity index is 1.40. The van der Waals surface area contributed by atoms with E-state index in [0.717, 1.165) is 12.8 Å². The molecule has 0 unspecified atom stereocenters. The normalized spacial score (nSPS) is 13.8. The minimum Gasteiger partial charge on any atom is -0.305 e. The highest BCUT2D eigenvalue weighted by Crippen LogP contribution is 2.48. The van der Waals surface area contributed by atoms with Crippen molar-refractivity contribution in [3.8, 4) is 22.3 Å². The predicted octanol–water partition coefficient (Wildman–Crippen LogP) is 9.38. The van der Waals surface area contributed by atoms with E-state index >= 15 is 0 Å². The lowest BCUT2D eigenvalue weighted by atomic mass is 10.0. The van der Waals surface area contributed by atoms with Crippen LogP contribution in [-0.4, -0.2) is 8.80 Å². The van der Waals surface area contributed by atoms with Gasteiger partial charge in [0.2, 0.25) is 0 Å². The first-order chi connectivity index (χ1) is 19.8. The van der Waals surface area contributed by atoms with Gasteiger partial charge in [-0.25, -0.2) is 0 Å². The van der Waals surface area contributed by atoms with Crippen LogP contribution in [0.5, 0.6) is 0 Å². The van der Waals surface area contributed by atoms with E-state index in [-0.39, 0.29) is 0 Å². The minimum atomic E-state index is 1.01. The molecule has 0 spiro atoms. The summed E-state index contributed by atoms with van der Waals surface area (Å²) in [4.78, 5) is 0. The lowest BCUT2D eigenvalue weighted by Crippen LogP contribution is -1.97.